The second kappa shape index (κ2) is 3.02. The van der Waals surface area contributed by atoms with Gasteiger partial charge in [-0.3, -0.25) is 0 Å². The van der Waals surface area contributed by atoms with Gasteiger partial charge in [-0.25, -0.2) is 0 Å². The molecule has 0 aliphatic heterocycles. The van der Waals surface area contributed by atoms with Gasteiger partial charge in [0.15, 0.2) is 0 Å². The van der Waals surface area contributed by atoms with E-state index in [4.69, 9.17) is 0 Å². The predicted octanol–water partition coefficient (Wildman–Crippen LogP) is 4.39. The molecule has 0 saturated heterocycles. The number of hydrogen-bond donors (Lipinski definition) is 0. The van der Waals surface area contributed by atoms with Crippen molar-refractivity contribution >= 4 is 0 Å². The number of rotatable bonds is 1. The maximum atomic E-state index is 1.64. The van der Waals surface area contributed by atoms with Crippen LogP contribution in [0.3, 0.4) is 0 Å². The Balaban J connectivity index is 1.65. The lowest BCUT2D eigenvalue weighted by Crippen LogP contribution is -2.49. The van der Waals surface area contributed by atoms with Crippen molar-refractivity contribution in [3.8, 4) is 0 Å². The molecule has 0 heterocycles. The van der Waals surface area contributed by atoms with Crippen LogP contribution in [0.2, 0.25) is 0 Å². The average Bonchev–Trinajstić information content (AvgIpc) is 2.67. The van der Waals surface area contributed by atoms with Gasteiger partial charge in [0.1, 0.15) is 0 Å². The second-order valence-corrected chi connectivity index (χ2v) is 7.26. The van der Waals surface area contributed by atoms with Crippen LogP contribution in [-0.2, 0) is 0 Å². The fraction of sp³-hybridized carbons (Fsp3) is 1.00. The normalized spacial score (nSPS) is 54.0. The fourth-order valence-electron chi connectivity index (χ4n) is 6.22. The second-order valence-electron chi connectivity index (χ2n) is 7.26. The fourth-order valence-corrected chi connectivity index (χ4v) is 6.22. The largest absolute Gasteiger partial charge is 0.0530 e. The molecule has 0 atom stereocenters. The van der Waals surface area contributed by atoms with Crippen molar-refractivity contribution in [1.29, 1.82) is 0 Å². The molecule has 0 radical (unpaired) electrons. The molecular weight excluding hydrogens is 180 g/mol. The molecule has 5 fully saturated rings. The molecule has 4 bridgehead atoms. The summed E-state index contributed by atoms with van der Waals surface area (Å²) < 4.78 is 0. The van der Waals surface area contributed by atoms with Gasteiger partial charge in [0.2, 0.25) is 0 Å². The first kappa shape index (κ1) is 9.07. The number of hydrogen-bond acceptors (Lipinski definition) is 0. The van der Waals surface area contributed by atoms with Crippen molar-refractivity contribution in [2.24, 2.45) is 29.1 Å². The first-order chi connectivity index (χ1) is 7.34. The van der Waals surface area contributed by atoms with Crippen LogP contribution >= 0.6 is 0 Å². The van der Waals surface area contributed by atoms with E-state index >= 15 is 0 Å². The van der Waals surface area contributed by atoms with Gasteiger partial charge in [-0.2, -0.15) is 0 Å². The highest BCUT2D eigenvalue weighted by molar-refractivity contribution is 5.04. The van der Waals surface area contributed by atoms with Crippen LogP contribution in [0.25, 0.3) is 0 Å². The highest BCUT2D eigenvalue weighted by Gasteiger charge is 2.53. The zero-order chi connectivity index (χ0) is 9.88. The van der Waals surface area contributed by atoms with E-state index in [0.717, 1.165) is 29.1 Å². The van der Waals surface area contributed by atoms with Gasteiger partial charge in [0.25, 0.3) is 0 Å². The average molecular weight is 204 g/mol. The molecule has 0 unspecified atom stereocenters. The molecule has 0 aromatic heterocycles. The summed E-state index contributed by atoms with van der Waals surface area (Å²) in [5.74, 6) is 4.65. The quantitative estimate of drug-likeness (QED) is 0.594. The van der Waals surface area contributed by atoms with Crippen molar-refractivity contribution in [3.63, 3.8) is 0 Å². The van der Waals surface area contributed by atoms with E-state index in [0.29, 0.717) is 0 Å². The van der Waals surface area contributed by atoms with Crippen LogP contribution in [0.5, 0.6) is 0 Å². The molecule has 0 heteroatoms. The Kier molecular flexibility index (Phi) is 1.83. The summed E-state index contributed by atoms with van der Waals surface area (Å²) in [6.07, 6.45) is 16.1. The first-order valence-corrected chi connectivity index (χ1v) is 7.34. The van der Waals surface area contributed by atoms with E-state index in [1.165, 1.54) is 0 Å². The molecular formula is C15H24. The zero-order valence-electron chi connectivity index (χ0n) is 9.88. The Morgan fingerprint density at radius 2 is 1.13 bits per heavy atom. The predicted molar refractivity (Wildman–Crippen MR) is 62.6 cm³/mol. The summed E-state index contributed by atoms with van der Waals surface area (Å²) in [4.78, 5) is 0. The summed E-state index contributed by atoms with van der Waals surface area (Å²) >= 11 is 0. The third-order valence-corrected chi connectivity index (χ3v) is 6.31. The van der Waals surface area contributed by atoms with Crippen LogP contribution in [0.4, 0.5) is 0 Å². The third kappa shape index (κ3) is 1.26. The standard InChI is InChI=1S/C15H24/c1-2-4-14(3-1)15-8-11-5-12(9-15)7-13(6-11)10-15/h11-14H,1-10H2. The highest BCUT2D eigenvalue weighted by atomic mass is 14.6. The van der Waals surface area contributed by atoms with E-state index < -0.39 is 0 Å². The summed E-state index contributed by atoms with van der Waals surface area (Å²) in [7, 11) is 0. The Morgan fingerprint density at radius 1 is 0.667 bits per heavy atom. The molecule has 0 N–H and O–H groups in total. The van der Waals surface area contributed by atoms with Crippen LogP contribution in [0, 0.1) is 29.1 Å². The van der Waals surface area contributed by atoms with Crippen LogP contribution in [0.15, 0.2) is 0 Å². The molecule has 5 aliphatic rings. The topological polar surface area (TPSA) is 0 Å². The van der Waals surface area contributed by atoms with Gasteiger partial charge in [-0.15, -0.1) is 0 Å². The Labute approximate surface area is 93.8 Å². The molecule has 0 aromatic carbocycles. The molecule has 0 nitrogen and oxygen atoms in total. The Morgan fingerprint density at radius 3 is 1.60 bits per heavy atom. The smallest absolute Gasteiger partial charge is 0.0261 e. The van der Waals surface area contributed by atoms with E-state index in [9.17, 15) is 0 Å². The van der Waals surface area contributed by atoms with Gasteiger partial charge >= 0.3 is 0 Å². The lowest BCUT2D eigenvalue weighted by molar-refractivity contribution is -0.0856. The minimum atomic E-state index is 0.880. The lowest BCUT2D eigenvalue weighted by atomic mass is 9.46. The summed E-state index contributed by atoms with van der Waals surface area (Å²) in [5.41, 5.74) is 0.880. The SMILES string of the molecule is C1CCC(C23CC4CC(CC(C4)C2)C3)C1. The Hall–Kier alpha value is 0. The minimum absolute atomic E-state index is 0.880. The molecule has 0 amide bonds. The van der Waals surface area contributed by atoms with Crippen molar-refractivity contribution in [3.05, 3.63) is 0 Å². The van der Waals surface area contributed by atoms with E-state index in [-0.39, 0.29) is 0 Å². The van der Waals surface area contributed by atoms with E-state index in [2.05, 4.69) is 0 Å². The van der Waals surface area contributed by atoms with Crippen molar-refractivity contribution in [1.82, 2.24) is 0 Å². The van der Waals surface area contributed by atoms with Gasteiger partial charge in [-0.1, -0.05) is 12.8 Å². The highest BCUT2D eigenvalue weighted by Crippen LogP contribution is 2.64. The summed E-state index contributed by atoms with van der Waals surface area (Å²) in [6, 6.07) is 0. The van der Waals surface area contributed by atoms with Crippen molar-refractivity contribution < 1.29 is 0 Å². The van der Waals surface area contributed by atoms with E-state index in [1.54, 1.807) is 64.2 Å². The maximum absolute atomic E-state index is 1.64. The maximum Gasteiger partial charge on any atom is -0.0261 e. The first-order valence-electron chi connectivity index (χ1n) is 7.34. The van der Waals surface area contributed by atoms with Gasteiger partial charge in [-0.05, 0) is 80.5 Å². The molecule has 5 rings (SSSR count). The Bertz CT molecular complexity index is 224. The molecule has 5 saturated carbocycles. The minimum Gasteiger partial charge on any atom is -0.0530 e. The van der Waals surface area contributed by atoms with E-state index in [1.807, 2.05) is 0 Å². The van der Waals surface area contributed by atoms with Crippen LogP contribution in [-0.4, -0.2) is 0 Å². The molecule has 0 aromatic rings. The van der Waals surface area contributed by atoms with Crippen molar-refractivity contribution in [2.75, 3.05) is 0 Å². The summed E-state index contributed by atoms with van der Waals surface area (Å²) in [5, 5.41) is 0. The lowest BCUT2D eigenvalue weighted by Gasteiger charge is -2.59. The van der Waals surface area contributed by atoms with Gasteiger partial charge in [0.05, 0.1) is 0 Å². The van der Waals surface area contributed by atoms with Crippen molar-refractivity contribution in [2.45, 2.75) is 64.2 Å². The molecule has 0 spiro atoms. The molecule has 15 heavy (non-hydrogen) atoms. The molecule has 5 aliphatic carbocycles. The van der Waals surface area contributed by atoms with Gasteiger partial charge in [0, 0.05) is 0 Å². The van der Waals surface area contributed by atoms with Crippen LogP contribution in [0.1, 0.15) is 64.2 Å². The zero-order valence-corrected chi connectivity index (χ0v) is 9.88. The van der Waals surface area contributed by atoms with Gasteiger partial charge < -0.3 is 0 Å². The monoisotopic (exact) mass is 204 g/mol. The third-order valence-electron chi connectivity index (χ3n) is 6.31. The van der Waals surface area contributed by atoms with Crippen LogP contribution < -0.4 is 0 Å². The summed E-state index contributed by atoms with van der Waals surface area (Å²) in [6.45, 7) is 0. The molecule has 84 valence electrons.